The van der Waals surface area contributed by atoms with E-state index in [1.807, 2.05) is 20.8 Å². The van der Waals surface area contributed by atoms with Crippen molar-refractivity contribution in [2.75, 3.05) is 13.7 Å². The Balaban J connectivity index is 1.30. The van der Waals surface area contributed by atoms with E-state index in [1.165, 1.54) is 14.0 Å². The van der Waals surface area contributed by atoms with E-state index >= 15 is 4.79 Å². The Labute approximate surface area is 375 Å². The predicted molar refractivity (Wildman–Crippen MR) is 231 cm³/mol. The summed E-state index contributed by atoms with van der Waals surface area (Å²) < 4.78 is 89.4. The smallest absolute Gasteiger partial charge is 0.408 e. The number of ether oxygens (including phenoxy) is 3. The Hall–Kier alpha value is -5.66. The van der Waals surface area contributed by atoms with Gasteiger partial charge in [0.1, 0.15) is 41.3 Å². The molecule has 0 bridgehead atoms. The van der Waals surface area contributed by atoms with E-state index < -0.39 is 93.4 Å². The number of nitrogens with zero attached hydrogens (tertiary/aromatic N) is 4. The molecule has 2 aromatic heterocycles. The highest BCUT2D eigenvalue weighted by Gasteiger charge is 2.62. The van der Waals surface area contributed by atoms with Gasteiger partial charge in [-0.05, 0) is 113 Å². The maximum Gasteiger partial charge on any atom is 0.408 e. The Kier molecular flexibility index (Phi) is 13.3. The summed E-state index contributed by atoms with van der Waals surface area (Å²) in [4.78, 5) is 67.1. The molecule has 65 heavy (non-hydrogen) atoms. The van der Waals surface area contributed by atoms with Gasteiger partial charge in [0.05, 0.1) is 42.6 Å². The van der Waals surface area contributed by atoms with Crippen LogP contribution < -0.4 is 24.2 Å². The lowest BCUT2D eigenvalue weighted by molar-refractivity contribution is -0.184. The lowest BCUT2D eigenvalue weighted by Gasteiger charge is -2.40. The van der Waals surface area contributed by atoms with E-state index in [0.29, 0.717) is 66.3 Å². The van der Waals surface area contributed by atoms with Crippen molar-refractivity contribution >= 4 is 44.6 Å². The van der Waals surface area contributed by atoms with E-state index in [4.69, 9.17) is 19.2 Å². The Morgan fingerprint density at radius 2 is 1.75 bits per heavy atom. The first kappa shape index (κ1) is 47.3. The SMILES string of the molecule is COc1ccc2c(O[C@@H]3C[C@H]4C(=O)N[C@]5(C(=O)NS(=O)(=O)C6CC6)C[C@H]5/C=C\CC[C@@H](C)C[C@@H](C)[C@H](N(C(=O)O)[C@H](C)C(F)(F)F)C(=O)N4C3)nc(-c3ccc(OC(C)C)cn3)cc2c1. The van der Waals surface area contributed by atoms with Crippen LogP contribution in [0.25, 0.3) is 22.2 Å². The van der Waals surface area contributed by atoms with Crippen LogP contribution in [0.5, 0.6) is 17.4 Å². The Morgan fingerprint density at radius 1 is 1.03 bits per heavy atom. The molecule has 16 nitrogen and oxygen atoms in total. The van der Waals surface area contributed by atoms with Crippen molar-refractivity contribution in [2.24, 2.45) is 17.8 Å². The van der Waals surface area contributed by atoms with E-state index in [0.717, 1.165) is 4.90 Å². The van der Waals surface area contributed by atoms with Crippen LogP contribution in [0.15, 0.2) is 54.7 Å². The van der Waals surface area contributed by atoms with E-state index in [-0.39, 0.29) is 42.1 Å². The summed E-state index contributed by atoms with van der Waals surface area (Å²) in [7, 11) is -2.54. The number of amides is 4. The lowest BCUT2D eigenvalue weighted by atomic mass is 9.86. The number of carbonyl (C=O) groups is 4. The molecule has 3 fully saturated rings. The summed E-state index contributed by atoms with van der Waals surface area (Å²) in [6.45, 7) is 7.40. The first-order chi connectivity index (χ1) is 30.6. The predicted octanol–water partition coefficient (Wildman–Crippen LogP) is 6.24. The number of hydrogen-bond donors (Lipinski definition) is 3. The fourth-order valence-electron chi connectivity index (χ4n) is 8.94. The number of hydrogen-bond acceptors (Lipinski definition) is 11. The number of rotatable bonds is 11. The number of halogens is 3. The van der Waals surface area contributed by atoms with Crippen molar-refractivity contribution in [1.82, 2.24) is 29.8 Å². The minimum Gasteiger partial charge on any atom is -0.497 e. The number of carbonyl (C=O) groups excluding carboxylic acids is 3. The molecule has 1 aromatic carbocycles. The first-order valence-electron chi connectivity index (χ1n) is 21.8. The average molecular weight is 929 g/mol. The maximum absolute atomic E-state index is 15.1. The fraction of sp³-hybridized carbons (Fsp3) is 0.556. The molecule has 3 N–H and O–H groups in total. The zero-order chi connectivity index (χ0) is 47.2. The second-order valence-electron chi connectivity index (χ2n) is 18.1. The molecule has 2 aliphatic carbocycles. The van der Waals surface area contributed by atoms with Gasteiger partial charge in [-0.25, -0.2) is 18.2 Å². The summed E-state index contributed by atoms with van der Waals surface area (Å²) >= 11 is 0. The topological polar surface area (TPSA) is 207 Å². The molecular weight excluding hydrogens is 874 g/mol. The molecule has 20 heteroatoms. The van der Waals surface area contributed by atoms with Crippen LogP contribution in [0, 0.1) is 17.8 Å². The third kappa shape index (κ3) is 10.3. The first-order valence-corrected chi connectivity index (χ1v) is 23.4. The normalized spacial score (nSPS) is 27.3. The molecule has 1 saturated heterocycles. The van der Waals surface area contributed by atoms with E-state index in [2.05, 4.69) is 15.0 Å². The summed E-state index contributed by atoms with van der Waals surface area (Å²) in [5.74, 6) is -3.57. The standard InChI is InChI=1S/C45H55F3N6O10S/c1-24(2)63-31-12-16-35(49-22-31)36-19-28-18-30(62-6)11-15-34(28)40(50-36)64-32-20-37-39(55)51-44(42(57)52-65(60,61)33-13-14-33)21-29(44)10-8-7-9-25(3)17-26(4)38(41(56)53(37)23-32)54(43(58)59)27(5)45(46,47)48/h8,10-12,15-16,18-19,22,24-27,29,32-33,37-38H,7,9,13-14,17,20-21,23H2,1-6H3,(H,51,55)(H,52,57)(H,58,59)/b10-8-/t25-,26-,27-,29-,32-,37+,38+,44-/m1/s1. The summed E-state index contributed by atoms with van der Waals surface area (Å²) in [5, 5.41) is 13.5. The maximum atomic E-state index is 15.1. The number of fused-ring (bicyclic) bond motifs is 3. The highest BCUT2D eigenvalue weighted by atomic mass is 32.2. The largest absolute Gasteiger partial charge is 0.497 e. The van der Waals surface area contributed by atoms with Crippen molar-refractivity contribution < 1.29 is 60.1 Å². The number of methoxy groups -OCH3 is 1. The van der Waals surface area contributed by atoms with Crippen LogP contribution in [0.2, 0.25) is 0 Å². The Bertz CT molecular complexity index is 2450. The van der Waals surface area contributed by atoms with Gasteiger partial charge in [0, 0.05) is 17.7 Å². The number of allylic oxidation sites excluding steroid dienone is 1. The number of aromatic nitrogens is 2. The Morgan fingerprint density at radius 3 is 2.38 bits per heavy atom. The third-order valence-corrected chi connectivity index (χ3v) is 14.5. The number of nitrogens with one attached hydrogen (secondary N) is 2. The fourth-order valence-corrected chi connectivity index (χ4v) is 10.3. The summed E-state index contributed by atoms with van der Waals surface area (Å²) in [5.41, 5.74) is -0.905. The van der Waals surface area contributed by atoms with Crippen LogP contribution in [-0.4, -0.2) is 118 Å². The van der Waals surface area contributed by atoms with Crippen LogP contribution in [0.1, 0.15) is 79.6 Å². The van der Waals surface area contributed by atoms with Crippen molar-refractivity contribution in [1.29, 1.82) is 0 Å². The van der Waals surface area contributed by atoms with Gasteiger partial charge in [-0.2, -0.15) is 13.2 Å². The van der Waals surface area contributed by atoms with Crippen LogP contribution in [0.3, 0.4) is 0 Å². The van der Waals surface area contributed by atoms with Crippen molar-refractivity contribution in [3.8, 4) is 28.8 Å². The number of alkyl halides is 3. The number of carboxylic acid groups (broad SMARTS) is 1. The van der Waals surface area contributed by atoms with E-state index in [1.54, 1.807) is 54.7 Å². The van der Waals surface area contributed by atoms with E-state index in [9.17, 15) is 41.1 Å². The minimum absolute atomic E-state index is 0.0394. The molecule has 4 amide bonds. The molecule has 0 spiro atoms. The minimum atomic E-state index is -5.06. The molecule has 7 rings (SSSR count). The molecule has 3 aromatic rings. The molecule has 0 unspecified atom stereocenters. The molecule has 352 valence electrons. The molecule has 2 saturated carbocycles. The zero-order valence-corrected chi connectivity index (χ0v) is 37.8. The van der Waals surface area contributed by atoms with Gasteiger partial charge in [0.2, 0.25) is 27.7 Å². The number of benzene rings is 1. The van der Waals surface area contributed by atoms with Gasteiger partial charge < -0.3 is 29.5 Å². The second kappa shape index (κ2) is 18.3. The van der Waals surface area contributed by atoms with Gasteiger partial charge in [0.15, 0.2) is 0 Å². The van der Waals surface area contributed by atoms with Crippen LogP contribution in [-0.2, 0) is 24.4 Å². The van der Waals surface area contributed by atoms with Gasteiger partial charge in [0.25, 0.3) is 5.91 Å². The zero-order valence-electron chi connectivity index (χ0n) is 37.0. The van der Waals surface area contributed by atoms with Gasteiger partial charge in [-0.1, -0.05) is 26.0 Å². The summed E-state index contributed by atoms with van der Waals surface area (Å²) in [6, 6.07) is 4.34. The average Bonchev–Trinajstić information content (AvgIpc) is 4.17. The van der Waals surface area contributed by atoms with Crippen LogP contribution in [0.4, 0.5) is 18.0 Å². The second-order valence-corrected chi connectivity index (χ2v) is 20.0. The number of sulfonamides is 1. The van der Waals surface area contributed by atoms with Crippen molar-refractivity contribution in [3.05, 3.63) is 54.7 Å². The van der Waals surface area contributed by atoms with Crippen LogP contribution >= 0.6 is 0 Å². The highest BCUT2D eigenvalue weighted by molar-refractivity contribution is 7.91. The third-order valence-electron chi connectivity index (χ3n) is 12.6. The highest BCUT2D eigenvalue weighted by Crippen LogP contribution is 2.46. The summed E-state index contributed by atoms with van der Waals surface area (Å²) in [6.07, 6.45) is -1.47. The molecular formula is C45H55F3N6O10S. The van der Waals surface area contributed by atoms with Gasteiger partial charge >= 0.3 is 12.3 Å². The molecule has 2 aliphatic heterocycles. The lowest BCUT2D eigenvalue weighted by Crippen LogP contribution is -2.62. The van der Waals surface area contributed by atoms with Crippen molar-refractivity contribution in [2.45, 2.75) is 127 Å². The monoisotopic (exact) mass is 928 g/mol. The van der Waals surface area contributed by atoms with Crippen molar-refractivity contribution in [3.63, 3.8) is 0 Å². The molecule has 8 atom stereocenters. The molecule has 4 heterocycles. The molecule has 4 aliphatic rings. The van der Waals surface area contributed by atoms with Gasteiger partial charge in [-0.15, -0.1) is 0 Å². The van der Waals surface area contributed by atoms with Gasteiger partial charge in [-0.3, -0.25) is 29.0 Å². The number of pyridine rings is 2. The quantitative estimate of drug-likeness (QED) is 0.183. The molecule has 0 radical (unpaired) electrons.